The van der Waals surface area contributed by atoms with Gasteiger partial charge in [0.05, 0.1) is 22.6 Å². The van der Waals surface area contributed by atoms with Crippen molar-refractivity contribution in [2.75, 3.05) is 19.0 Å². The van der Waals surface area contributed by atoms with Gasteiger partial charge in [0, 0.05) is 18.8 Å². The fourth-order valence-electron chi connectivity index (χ4n) is 2.69. The number of rotatable bonds is 6. The summed E-state index contributed by atoms with van der Waals surface area (Å²) in [6.07, 6.45) is 0.672. The quantitative estimate of drug-likeness (QED) is 0.794. The molecule has 132 valence electrons. The van der Waals surface area contributed by atoms with Gasteiger partial charge in [0.15, 0.2) is 9.84 Å². The van der Waals surface area contributed by atoms with Crippen molar-refractivity contribution >= 4 is 21.7 Å². The Morgan fingerprint density at radius 2 is 1.79 bits per heavy atom. The summed E-state index contributed by atoms with van der Waals surface area (Å²) in [5, 5.41) is 11.9. The van der Waals surface area contributed by atoms with Gasteiger partial charge in [-0.05, 0) is 37.1 Å². The van der Waals surface area contributed by atoms with Gasteiger partial charge < -0.3 is 15.2 Å². The van der Waals surface area contributed by atoms with E-state index < -0.39 is 27.3 Å². The topological polar surface area (TPSA) is 110 Å². The average Bonchev–Trinajstić information content (AvgIpc) is 2.55. The number of carboxylic acids is 1. The van der Waals surface area contributed by atoms with Crippen LogP contribution in [0, 0.1) is 0 Å². The number of sulfone groups is 1. The molecular weight excluding hydrogens is 334 g/mol. The van der Waals surface area contributed by atoms with Crippen molar-refractivity contribution < 1.29 is 27.9 Å². The molecule has 0 spiro atoms. The van der Waals surface area contributed by atoms with Crippen LogP contribution in [0.15, 0.2) is 29.2 Å². The van der Waals surface area contributed by atoms with Crippen LogP contribution in [-0.4, -0.2) is 49.9 Å². The van der Waals surface area contributed by atoms with Crippen molar-refractivity contribution in [3.05, 3.63) is 29.8 Å². The lowest BCUT2D eigenvalue weighted by Gasteiger charge is -2.36. The number of carboxylic acid groups (broad SMARTS) is 1. The van der Waals surface area contributed by atoms with Crippen LogP contribution >= 0.6 is 0 Å². The van der Waals surface area contributed by atoms with Gasteiger partial charge >= 0.3 is 5.97 Å². The monoisotopic (exact) mass is 355 g/mol. The molecule has 1 aliphatic rings. The Morgan fingerprint density at radius 1 is 1.21 bits per heavy atom. The minimum atomic E-state index is -3.32. The lowest BCUT2D eigenvalue weighted by molar-refractivity contribution is -0.139. The Balaban J connectivity index is 2.16. The van der Waals surface area contributed by atoms with Gasteiger partial charge in [0.25, 0.3) is 5.91 Å². The van der Waals surface area contributed by atoms with E-state index in [2.05, 4.69) is 5.32 Å². The minimum Gasteiger partial charge on any atom is -0.481 e. The van der Waals surface area contributed by atoms with Gasteiger partial charge in [-0.15, -0.1) is 0 Å². The van der Waals surface area contributed by atoms with E-state index >= 15 is 0 Å². The zero-order valence-electron chi connectivity index (χ0n) is 13.4. The fourth-order valence-corrected chi connectivity index (χ4v) is 3.57. The smallest absolute Gasteiger partial charge is 0.305 e. The van der Waals surface area contributed by atoms with E-state index in [0.29, 0.717) is 31.6 Å². The number of benzene rings is 1. The third-order valence-electron chi connectivity index (χ3n) is 4.17. The molecule has 0 atom stereocenters. The summed E-state index contributed by atoms with van der Waals surface area (Å²) >= 11 is 0. The van der Waals surface area contributed by atoms with Gasteiger partial charge in [0.2, 0.25) is 0 Å². The maximum Gasteiger partial charge on any atom is 0.305 e. The Morgan fingerprint density at radius 3 is 2.29 bits per heavy atom. The van der Waals surface area contributed by atoms with E-state index in [-0.39, 0.29) is 17.1 Å². The molecule has 0 bridgehead atoms. The molecule has 1 aromatic carbocycles. The van der Waals surface area contributed by atoms with Crippen LogP contribution in [-0.2, 0) is 19.4 Å². The second-order valence-electron chi connectivity index (χ2n) is 5.85. The minimum absolute atomic E-state index is 0.0136. The molecule has 1 fully saturated rings. The Labute approximate surface area is 140 Å². The van der Waals surface area contributed by atoms with Crippen LogP contribution in [0.25, 0.3) is 0 Å². The highest BCUT2D eigenvalue weighted by molar-refractivity contribution is 7.91. The van der Waals surface area contributed by atoms with Gasteiger partial charge in [-0.2, -0.15) is 0 Å². The molecule has 24 heavy (non-hydrogen) atoms. The first kappa shape index (κ1) is 18.4. The molecule has 2 N–H and O–H groups in total. The van der Waals surface area contributed by atoms with Crippen LogP contribution < -0.4 is 5.32 Å². The van der Waals surface area contributed by atoms with Gasteiger partial charge in [-0.3, -0.25) is 9.59 Å². The van der Waals surface area contributed by atoms with Crippen LogP contribution in [0.2, 0.25) is 0 Å². The third-order valence-corrected chi connectivity index (χ3v) is 5.92. The molecule has 1 amide bonds. The maximum atomic E-state index is 12.4. The second kappa shape index (κ2) is 7.31. The van der Waals surface area contributed by atoms with Crippen LogP contribution in [0.3, 0.4) is 0 Å². The highest BCUT2D eigenvalue weighted by Gasteiger charge is 2.36. The molecule has 7 nitrogen and oxygen atoms in total. The van der Waals surface area contributed by atoms with Gasteiger partial charge in [-0.25, -0.2) is 8.42 Å². The highest BCUT2D eigenvalue weighted by atomic mass is 32.2. The summed E-state index contributed by atoms with van der Waals surface area (Å²) in [7, 11) is -3.32. The number of hydrogen-bond donors (Lipinski definition) is 2. The first-order valence-corrected chi connectivity index (χ1v) is 9.38. The summed E-state index contributed by atoms with van der Waals surface area (Å²) in [6, 6.07) is 5.65. The fraction of sp³-hybridized carbons (Fsp3) is 0.500. The predicted molar refractivity (Wildman–Crippen MR) is 86.7 cm³/mol. The molecule has 1 aliphatic heterocycles. The normalized spacial score (nSPS) is 17.2. The molecule has 0 aliphatic carbocycles. The van der Waals surface area contributed by atoms with Gasteiger partial charge in [-0.1, -0.05) is 6.92 Å². The van der Waals surface area contributed by atoms with E-state index in [1.54, 1.807) is 6.92 Å². The van der Waals surface area contributed by atoms with E-state index in [1.807, 2.05) is 0 Å². The van der Waals surface area contributed by atoms with Crippen molar-refractivity contribution in [3.63, 3.8) is 0 Å². The molecule has 1 aromatic rings. The Kier molecular flexibility index (Phi) is 5.61. The summed E-state index contributed by atoms with van der Waals surface area (Å²) < 4.78 is 28.8. The lowest BCUT2D eigenvalue weighted by Crippen LogP contribution is -2.53. The molecule has 1 heterocycles. The Hall–Kier alpha value is -1.93. The molecule has 2 rings (SSSR count). The van der Waals surface area contributed by atoms with Crippen molar-refractivity contribution in [1.29, 1.82) is 0 Å². The first-order chi connectivity index (χ1) is 11.3. The Bertz CT molecular complexity index is 705. The van der Waals surface area contributed by atoms with Crippen LogP contribution in [0.1, 0.15) is 36.5 Å². The number of aliphatic carboxylic acids is 1. The average molecular weight is 355 g/mol. The van der Waals surface area contributed by atoms with Crippen LogP contribution in [0.5, 0.6) is 0 Å². The largest absolute Gasteiger partial charge is 0.481 e. The van der Waals surface area contributed by atoms with Crippen LogP contribution in [0.4, 0.5) is 0 Å². The van der Waals surface area contributed by atoms with Crippen molar-refractivity contribution in [2.24, 2.45) is 0 Å². The molecule has 1 saturated heterocycles. The maximum absolute atomic E-state index is 12.4. The number of hydrogen-bond acceptors (Lipinski definition) is 5. The summed E-state index contributed by atoms with van der Waals surface area (Å²) in [4.78, 5) is 23.7. The van der Waals surface area contributed by atoms with E-state index in [9.17, 15) is 18.0 Å². The molecular formula is C16H21NO6S. The standard InChI is InChI=1S/C16H21NO6S/c1-2-24(21,22)13-5-3-12(4-6-13)15(20)17-16(11-14(18)19)7-9-23-10-8-16/h3-6H,2,7-11H2,1H3,(H,17,20)(H,18,19). The summed E-state index contributed by atoms with van der Waals surface area (Å²) in [5.74, 6) is -1.42. The molecule has 0 unspecified atom stereocenters. The highest BCUT2D eigenvalue weighted by Crippen LogP contribution is 2.25. The number of amides is 1. The molecule has 0 radical (unpaired) electrons. The summed E-state index contributed by atoms with van der Waals surface area (Å²) in [5.41, 5.74) is -0.545. The third kappa shape index (κ3) is 4.33. The molecule has 8 heteroatoms. The number of nitrogens with one attached hydrogen (secondary N) is 1. The van der Waals surface area contributed by atoms with E-state index in [1.165, 1.54) is 24.3 Å². The van der Waals surface area contributed by atoms with Gasteiger partial charge in [0.1, 0.15) is 0 Å². The zero-order valence-corrected chi connectivity index (χ0v) is 14.3. The summed E-state index contributed by atoms with van der Waals surface area (Å²) in [6.45, 7) is 2.33. The van der Waals surface area contributed by atoms with Crippen molar-refractivity contribution in [1.82, 2.24) is 5.32 Å². The molecule has 0 saturated carbocycles. The second-order valence-corrected chi connectivity index (χ2v) is 8.12. The number of ether oxygens (including phenoxy) is 1. The zero-order chi connectivity index (χ0) is 17.8. The van der Waals surface area contributed by atoms with E-state index in [0.717, 1.165) is 0 Å². The number of carbonyl (C=O) groups is 2. The number of carbonyl (C=O) groups excluding carboxylic acids is 1. The van der Waals surface area contributed by atoms with Crippen molar-refractivity contribution in [2.45, 2.75) is 36.6 Å². The predicted octanol–water partition coefficient (Wildman–Crippen LogP) is 1.23. The lowest BCUT2D eigenvalue weighted by atomic mass is 9.86. The molecule has 0 aromatic heterocycles. The first-order valence-electron chi connectivity index (χ1n) is 7.73. The SMILES string of the molecule is CCS(=O)(=O)c1ccc(C(=O)NC2(CC(=O)O)CCOCC2)cc1. The van der Waals surface area contributed by atoms with Crippen molar-refractivity contribution in [3.8, 4) is 0 Å². The van der Waals surface area contributed by atoms with E-state index in [4.69, 9.17) is 9.84 Å².